The minimum Gasteiger partial charge on any atom is -0.495 e. The maximum atomic E-state index is 13.4. The molecule has 0 saturated carbocycles. The fourth-order valence-electron chi connectivity index (χ4n) is 2.40. The van der Waals surface area contributed by atoms with E-state index in [1.165, 1.54) is 37.6 Å². The molecule has 1 aromatic heterocycles. The van der Waals surface area contributed by atoms with Crippen LogP contribution in [0.3, 0.4) is 0 Å². The number of rotatable bonds is 7. The van der Waals surface area contributed by atoms with Gasteiger partial charge in [0.2, 0.25) is 15.9 Å². The summed E-state index contributed by atoms with van der Waals surface area (Å²) in [5.74, 6) is 0.212. The molecule has 3 aromatic rings. The first-order chi connectivity index (χ1) is 13.4. The van der Waals surface area contributed by atoms with Gasteiger partial charge in [0.15, 0.2) is 0 Å². The van der Waals surface area contributed by atoms with Crippen molar-refractivity contribution in [3.63, 3.8) is 0 Å². The van der Waals surface area contributed by atoms with Crippen LogP contribution in [-0.2, 0) is 16.6 Å². The van der Waals surface area contributed by atoms with Crippen LogP contribution in [0.15, 0.2) is 70.2 Å². The summed E-state index contributed by atoms with van der Waals surface area (Å²) in [6, 6.07) is 13.6. The van der Waals surface area contributed by atoms with E-state index in [0.29, 0.717) is 10.0 Å². The van der Waals surface area contributed by atoms with Gasteiger partial charge < -0.3 is 9.47 Å². The van der Waals surface area contributed by atoms with Gasteiger partial charge in [0.25, 0.3) is 0 Å². The normalized spacial score (nSPS) is 11.2. The van der Waals surface area contributed by atoms with E-state index in [1.54, 1.807) is 30.3 Å². The lowest BCUT2D eigenvalue weighted by molar-refractivity contribution is 0.402. The average molecular weight is 467 g/mol. The van der Waals surface area contributed by atoms with Crippen molar-refractivity contribution < 1.29 is 22.3 Å². The van der Waals surface area contributed by atoms with E-state index in [9.17, 15) is 12.8 Å². The highest BCUT2D eigenvalue weighted by molar-refractivity contribution is 9.10. The monoisotopic (exact) mass is 466 g/mol. The zero-order chi connectivity index (χ0) is 20.1. The first-order valence-corrected chi connectivity index (χ1v) is 10.4. The van der Waals surface area contributed by atoms with Crippen LogP contribution in [-0.4, -0.2) is 20.5 Å². The van der Waals surface area contributed by atoms with Gasteiger partial charge in [-0.1, -0.05) is 28.1 Å². The Balaban J connectivity index is 1.82. The average Bonchev–Trinajstić information content (AvgIpc) is 2.67. The van der Waals surface area contributed by atoms with Gasteiger partial charge in [-0.05, 0) is 36.4 Å². The molecule has 0 amide bonds. The standard InChI is InChI=1S/C19H16BrFN2O4S/c1-26-17-8-7-14(20)10-18(17)28(24,25)23-12-13-4-3-9-22-19(13)27-16-6-2-5-15(21)11-16/h2-11,23H,12H2,1H3. The van der Waals surface area contributed by atoms with Crippen LogP contribution >= 0.6 is 15.9 Å². The van der Waals surface area contributed by atoms with Crippen molar-refractivity contribution in [2.45, 2.75) is 11.4 Å². The quantitative estimate of drug-likeness (QED) is 0.562. The third-order valence-electron chi connectivity index (χ3n) is 3.73. The van der Waals surface area contributed by atoms with Crippen molar-refractivity contribution in [2.75, 3.05) is 7.11 Å². The summed E-state index contributed by atoms with van der Waals surface area (Å²) in [5.41, 5.74) is 0.490. The molecule has 0 aliphatic heterocycles. The van der Waals surface area contributed by atoms with Gasteiger partial charge in [-0.25, -0.2) is 22.5 Å². The van der Waals surface area contributed by atoms with Crippen molar-refractivity contribution in [2.24, 2.45) is 0 Å². The number of pyridine rings is 1. The van der Waals surface area contributed by atoms with Crippen molar-refractivity contribution in [3.05, 3.63) is 76.6 Å². The highest BCUT2D eigenvalue weighted by Gasteiger charge is 2.20. The Morgan fingerprint density at radius 2 is 1.96 bits per heavy atom. The minimum absolute atomic E-state index is 0.000800. The number of hydrogen-bond acceptors (Lipinski definition) is 5. The number of halogens is 2. The van der Waals surface area contributed by atoms with E-state index in [2.05, 4.69) is 25.6 Å². The lowest BCUT2D eigenvalue weighted by atomic mass is 10.3. The van der Waals surface area contributed by atoms with Gasteiger partial charge in [-0.2, -0.15) is 0 Å². The Morgan fingerprint density at radius 3 is 2.71 bits per heavy atom. The molecular weight excluding hydrogens is 451 g/mol. The molecule has 0 fully saturated rings. The summed E-state index contributed by atoms with van der Waals surface area (Å²) in [6.07, 6.45) is 1.50. The molecule has 0 radical (unpaired) electrons. The molecular formula is C19H16BrFN2O4S. The Morgan fingerprint density at radius 1 is 1.14 bits per heavy atom. The molecule has 1 N–H and O–H groups in total. The maximum Gasteiger partial charge on any atom is 0.244 e. The van der Waals surface area contributed by atoms with E-state index in [0.717, 1.165) is 0 Å². The number of benzene rings is 2. The fourth-order valence-corrected chi connectivity index (χ4v) is 4.12. The summed E-state index contributed by atoms with van der Waals surface area (Å²) >= 11 is 3.26. The number of methoxy groups -OCH3 is 1. The summed E-state index contributed by atoms with van der Waals surface area (Å²) < 4.78 is 52.7. The van der Waals surface area contributed by atoms with Crippen molar-refractivity contribution >= 4 is 26.0 Å². The first-order valence-electron chi connectivity index (χ1n) is 8.09. The zero-order valence-electron chi connectivity index (χ0n) is 14.7. The van der Waals surface area contributed by atoms with Gasteiger partial charge in [-0.15, -0.1) is 0 Å². The number of sulfonamides is 1. The van der Waals surface area contributed by atoms with Crippen LogP contribution < -0.4 is 14.2 Å². The van der Waals surface area contributed by atoms with E-state index in [1.807, 2.05) is 0 Å². The molecule has 0 spiro atoms. The lowest BCUT2D eigenvalue weighted by Crippen LogP contribution is -2.24. The molecule has 0 aliphatic carbocycles. The Bertz CT molecular complexity index is 1090. The number of hydrogen-bond donors (Lipinski definition) is 1. The second-order valence-corrected chi connectivity index (χ2v) is 8.30. The highest BCUT2D eigenvalue weighted by atomic mass is 79.9. The predicted octanol–water partition coefficient (Wildman–Crippen LogP) is 4.26. The summed E-state index contributed by atoms with van der Waals surface area (Å²) in [6.45, 7) is -0.0729. The highest BCUT2D eigenvalue weighted by Crippen LogP contribution is 2.28. The smallest absolute Gasteiger partial charge is 0.244 e. The third kappa shape index (κ3) is 4.86. The molecule has 0 bridgehead atoms. The summed E-state index contributed by atoms with van der Waals surface area (Å²) in [4.78, 5) is 4.11. The summed E-state index contributed by atoms with van der Waals surface area (Å²) in [5, 5.41) is 0. The molecule has 0 aliphatic rings. The van der Waals surface area contributed by atoms with Crippen LogP contribution in [0.25, 0.3) is 0 Å². The first kappa shape index (κ1) is 20.2. The van der Waals surface area contributed by atoms with Gasteiger partial charge in [0.05, 0.1) is 7.11 Å². The second-order valence-electron chi connectivity index (χ2n) is 5.65. The second kappa shape index (κ2) is 8.68. The lowest BCUT2D eigenvalue weighted by Gasteiger charge is -2.13. The Labute approximate surface area is 170 Å². The SMILES string of the molecule is COc1ccc(Br)cc1S(=O)(=O)NCc1cccnc1Oc1cccc(F)c1. The van der Waals surface area contributed by atoms with Crippen molar-refractivity contribution in [1.82, 2.24) is 9.71 Å². The van der Waals surface area contributed by atoms with E-state index in [-0.39, 0.29) is 28.8 Å². The molecule has 3 rings (SSSR count). The summed E-state index contributed by atoms with van der Waals surface area (Å²) in [7, 11) is -2.47. The molecule has 146 valence electrons. The van der Waals surface area contributed by atoms with E-state index >= 15 is 0 Å². The minimum atomic E-state index is -3.87. The van der Waals surface area contributed by atoms with Crippen LogP contribution in [0.4, 0.5) is 4.39 Å². The van der Waals surface area contributed by atoms with Crippen molar-refractivity contribution in [3.8, 4) is 17.4 Å². The topological polar surface area (TPSA) is 77.5 Å². The number of nitrogens with zero attached hydrogens (tertiary/aromatic N) is 1. The Kier molecular flexibility index (Phi) is 6.28. The van der Waals surface area contributed by atoms with Crippen LogP contribution in [0.1, 0.15) is 5.56 Å². The maximum absolute atomic E-state index is 13.4. The van der Waals surface area contributed by atoms with Gasteiger partial charge in [0, 0.05) is 28.8 Å². The number of nitrogens with one attached hydrogen (secondary N) is 1. The molecule has 28 heavy (non-hydrogen) atoms. The van der Waals surface area contributed by atoms with Crippen molar-refractivity contribution in [1.29, 1.82) is 0 Å². The molecule has 2 aromatic carbocycles. The molecule has 1 heterocycles. The zero-order valence-corrected chi connectivity index (χ0v) is 17.1. The van der Waals surface area contributed by atoms with Gasteiger partial charge in [0.1, 0.15) is 22.2 Å². The largest absolute Gasteiger partial charge is 0.495 e. The molecule has 6 nitrogen and oxygen atoms in total. The molecule has 9 heteroatoms. The molecule has 0 unspecified atom stereocenters. The number of ether oxygens (including phenoxy) is 2. The van der Waals surface area contributed by atoms with Crippen LogP contribution in [0, 0.1) is 5.82 Å². The number of aromatic nitrogens is 1. The molecule has 0 saturated heterocycles. The molecule has 0 atom stereocenters. The van der Waals surface area contributed by atoms with Gasteiger partial charge in [-0.3, -0.25) is 0 Å². The van der Waals surface area contributed by atoms with E-state index in [4.69, 9.17) is 9.47 Å². The van der Waals surface area contributed by atoms with E-state index < -0.39 is 15.8 Å². The van der Waals surface area contributed by atoms with Crippen LogP contribution in [0.5, 0.6) is 17.4 Å². The van der Waals surface area contributed by atoms with Gasteiger partial charge >= 0.3 is 0 Å². The predicted molar refractivity (Wildman–Crippen MR) is 105 cm³/mol. The van der Waals surface area contributed by atoms with Crippen LogP contribution in [0.2, 0.25) is 0 Å². The Hall–Kier alpha value is -2.49. The fraction of sp³-hybridized carbons (Fsp3) is 0.105. The third-order valence-corrected chi connectivity index (χ3v) is 5.64.